The lowest BCUT2D eigenvalue weighted by Gasteiger charge is -2.01. The summed E-state index contributed by atoms with van der Waals surface area (Å²) >= 11 is 3.38. The summed E-state index contributed by atoms with van der Waals surface area (Å²) in [6, 6.07) is 7.81. The average molecular weight is 281 g/mol. The summed E-state index contributed by atoms with van der Waals surface area (Å²) in [6.07, 6.45) is 2.86. The van der Waals surface area contributed by atoms with Crippen LogP contribution in [0.25, 0.3) is 0 Å². The zero-order chi connectivity index (χ0) is 11.5. The van der Waals surface area contributed by atoms with Crippen molar-refractivity contribution in [3.05, 3.63) is 52.3 Å². The maximum atomic E-state index is 10.7. The standard InChI is InChI=1S/C11H9BrN2O2/c12-10-3-1-2-8(4-10)6-14-7-9(5-13-14)11(15)16/h1-5,7H,6H2,(H,15,16). The van der Waals surface area contributed by atoms with Gasteiger partial charge in [-0.05, 0) is 17.7 Å². The number of carbonyl (C=O) groups is 1. The summed E-state index contributed by atoms with van der Waals surface area (Å²) in [7, 11) is 0. The van der Waals surface area contributed by atoms with Crippen LogP contribution in [0.5, 0.6) is 0 Å². The first-order valence-corrected chi connectivity index (χ1v) is 5.44. The van der Waals surface area contributed by atoms with E-state index in [0.717, 1.165) is 10.0 Å². The van der Waals surface area contributed by atoms with E-state index in [0.29, 0.717) is 6.54 Å². The van der Waals surface area contributed by atoms with Gasteiger partial charge in [0.25, 0.3) is 0 Å². The number of aromatic nitrogens is 2. The molecular formula is C11H9BrN2O2. The monoisotopic (exact) mass is 280 g/mol. The fraction of sp³-hybridized carbons (Fsp3) is 0.0909. The SMILES string of the molecule is O=C(O)c1cnn(Cc2cccc(Br)c2)c1. The highest BCUT2D eigenvalue weighted by Gasteiger charge is 2.05. The molecule has 0 radical (unpaired) electrons. The third-order valence-corrected chi connectivity index (χ3v) is 2.61. The van der Waals surface area contributed by atoms with Crippen LogP contribution in [0, 0.1) is 0 Å². The van der Waals surface area contributed by atoms with Gasteiger partial charge >= 0.3 is 5.97 Å². The van der Waals surface area contributed by atoms with Gasteiger partial charge in [0, 0.05) is 10.7 Å². The predicted octanol–water partition coefficient (Wildman–Crippen LogP) is 2.39. The molecule has 0 aliphatic rings. The van der Waals surface area contributed by atoms with Gasteiger partial charge in [0.15, 0.2) is 0 Å². The quantitative estimate of drug-likeness (QED) is 0.939. The lowest BCUT2D eigenvalue weighted by Crippen LogP contribution is -2.00. The first-order valence-electron chi connectivity index (χ1n) is 4.65. The highest BCUT2D eigenvalue weighted by Crippen LogP contribution is 2.12. The summed E-state index contributed by atoms with van der Waals surface area (Å²) in [5, 5.41) is 12.7. The number of rotatable bonds is 3. The number of halogens is 1. The number of hydrogen-bond acceptors (Lipinski definition) is 2. The Kier molecular flexibility index (Phi) is 3.05. The van der Waals surface area contributed by atoms with Crippen LogP contribution in [-0.4, -0.2) is 20.9 Å². The molecule has 0 spiro atoms. The molecule has 4 nitrogen and oxygen atoms in total. The van der Waals surface area contributed by atoms with Crippen molar-refractivity contribution in [1.82, 2.24) is 9.78 Å². The van der Waals surface area contributed by atoms with Crippen molar-refractivity contribution in [3.8, 4) is 0 Å². The van der Waals surface area contributed by atoms with E-state index in [1.807, 2.05) is 24.3 Å². The molecule has 0 unspecified atom stereocenters. The van der Waals surface area contributed by atoms with Crippen LogP contribution in [0.1, 0.15) is 15.9 Å². The minimum Gasteiger partial charge on any atom is -0.478 e. The van der Waals surface area contributed by atoms with E-state index in [4.69, 9.17) is 5.11 Å². The van der Waals surface area contributed by atoms with Crippen molar-refractivity contribution in [2.45, 2.75) is 6.54 Å². The van der Waals surface area contributed by atoms with Gasteiger partial charge in [0.05, 0.1) is 18.3 Å². The van der Waals surface area contributed by atoms with Crippen LogP contribution in [-0.2, 0) is 6.54 Å². The van der Waals surface area contributed by atoms with E-state index in [9.17, 15) is 4.79 Å². The Morgan fingerprint density at radius 1 is 1.50 bits per heavy atom. The van der Waals surface area contributed by atoms with Crippen LogP contribution in [0.3, 0.4) is 0 Å². The third-order valence-electron chi connectivity index (χ3n) is 2.11. The van der Waals surface area contributed by atoms with Crippen LogP contribution in [0.2, 0.25) is 0 Å². The molecule has 5 heteroatoms. The maximum absolute atomic E-state index is 10.7. The molecule has 0 saturated heterocycles. The normalized spacial score (nSPS) is 10.3. The van der Waals surface area contributed by atoms with Crippen molar-refractivity contribution in [2.24, 2.45) is 0 Å². The number of nitrogens with zero attached hydrogens (tertiary/aromatic N) is 2. The highest BCUT2D eigenvalue weighted by molar-refractivity contribution is 9.10. The number of aromatic carboxylic acids is 1. The highest BCUT2D eigenvalue weighted by atomic mass is 79.9. The number of hydrogen-bond donors (Lipinski definition) is 1. The molecule has 1 aromatic heterocycles. The summed E-state index contributed by atoms with van der Waals surface area (Å²) < 4.78 is 2.60. The Hall–Kier alpha value is -1.62. The summed E-state index contributed by atoms with van der Waals surface area (Å²) in [5.74, 6) is -0.958. The van der Waals surface area contributed by atoms with Crippen molar-refractivity contribution < 1.29 is 9.90 Å². The summed E-state index contributed by atoms with van der Waals surface area (Å²) in [4.78, 5) is 10.7. The van der Waals surface area contributed by atoms with Gasteiger partial charge < -0.3 is 5.11 Å². The first-order chi connectivity index (χ1) is 7.65. The molecule has 2 aromatic rings. The fourth-order valence-electron chi connectivity index (χ4n) is 1.38. The Bertz CT molecular complexity index is 522. The van der Waals surface area contributed by atoms with Gasteiger partial charge in [-0.25, -0.2) is 4.79 Å². The van der Waals surface area contributed by atoms with Gasteiger partial charge in [-0.15, -0.1) is 0 Å². The lowest BCUT2D eigenvalue weighted by atomic mass is 10.2. The average Bonchev–Trinajstić information content (AvgIpc) is 2.66. The molecule has 0 aliphatic carbocycles. The van der Waals surface area contributed by atoms with Gasteiger partial charge in [-0.2, -0.15) is 5.10 Å². The third kappa shape index (κ3) is 2.49. The van der Waals surface area contributed by atoms with E-state index in [1.54, 1.807) is 4.68 Å². The largest absolute Gasteiger partial charge is 0.478 e. The van der Waals surface area contributed by atoms with Crippen molar-refractivity contribution in [1.29, 1.82) is 0 Å². The van der Waals surface area contributed by atoms with Crippen molar-refractivity contribution in [3.63, 3.8) is 0 Å². The summed E-state index contributed by atoms with van der Waals surface area (Å²) in [5.41, 5.74) is 1.27. The minimum atomic E-state index is -0.958. The molecule has 2 rings (SSSR count). The number of carboxylic acid groups (broad SMARTS) is 1. The molecule has 0 amide bonds. The molecular weight excluding hydrogens is 272 g/mol. The van der Waals surface area contributed by atoms with Crippen molar-refractivity contribution in [2.75, 3.05) is 0 Å². The molecule has 0 saturated carbocycles. The first kappa shape index (κ1) is 10.9. The van der Waals surface area contributed by atoms with Crippen LogP contribution < -0.4 is 0 Å². The maximum Gasteiger partial charge on any atom is 0.338 e. The molecule has 16 heavy (non-hydrogen) atoms. The summed E-state index contributed by atoms with van der Waals surface area (Å²) in [6.45, 7) is 0.562. The Morgan fingerprint density at radius 2 is 2.31 bits per heavy atom. The van der Waals surface area contributed by atoms with Gasteiger partial charge in [-0.3, -0.25) is 4.68 Å². The molecule has 0 bridgehead atoms. The second kappa shape index (κ2) is 4.49. The Morgan fingerprint density at radius 3 is 2.94 bits per heavy atom. The van der Waals surface area contributed by atoms with E-state index in [2.05, 4.69) is 21.0 Å². The zero-order valence-electron chi connectivity index (χ0n) is 8.30. The topological polar surface area (TPSA) is 55.1 Å². The molecule has 1 heterocycles. The van der Waals surface area contributed by atoms with Gasteiger partial charge in [-0.1, -0.05) is 28.1 Å². The molecule has 0 aliphatic heterocycles. The molecule has 0 fully saturated rings. The minimum absolute atomic E-state index is 0.204. The smallest absolute Gasteiger partial charge is 0.338 e. The Balaban J connectivity index is 2.17. The van der Waals surface area contributed by atoms with Crippen molar-refractivity contribution >= 4 is 21.9 Å². The van der Waals surface area contributed by atoms with Gasteiger partial charge in [0.1, 0.15) is 0 Å². The molecule has 0 atom stereocenters. The van der Waals surface area contributed by atoms with E-state index in [-0.39, 0.29) is 5.56 Å². The number of carboxylic acids is 1. The number of benzene rings is 1. The van der Waals surface area contributed by atoms with E-state index >= 15 is 0 Å². The van der Waals surface area contributed by atoms with Gasteiger partial charge in [0.2, 0.25) is 0 Å². The molecule has 82 valence electrons. The predicted molar refractivity (Wildman–Crippen MR) is 62.4 cm³/mol. The second-order valence-electron chi connectivity index (χ2n) is 3.36. The lowest BCUT2D eigenvalue weighted by molar-refractivity contribution is 0.0697. The second-order valence-corrected chi connectivity index (χ2v) is 4.28. The zero-order valence-corrected chi connectivity index (χ0v) is 9.89. The van der Waals surface area contributed by atoms with Crippen LogP contribution in [0.4, 0.5) is 0 Å². The fourth-order valence-corrected chi connectivity index (χ4v) is 1.83. The van der Waals surface area contributed by atoms with Crippen LogP contribution in [0.15, 0.2) is 41.1 Å². The molecule has 1 aromatic carbocycles. The van der Waals surface area contributed by atoms with E-state index in [1.165, 1.54) is 12.4 Å². The molecule has 1 N–H and O–H groups in total. The van der Waals surface area contributed by atoms with E-state index < -0.39 is 5.97 Å². The van der Waals surface area contributed by atoms with Crippen LogP contribution >= 0.6 is 15.9 Å². The Labute approximate surface area is 101 Å².